The third kappa shape index (κ3) is 7.04. The summed E-state index contributed by atoms with van der Waals surface area (Å²) in [4.78, 5) is 24.4. The second-order valence-corrected chi connectivity index (χ2v) is 6.84. The number of ether oxygens (including phenoxy) is 1. The number of aryl methyl sites for hydroxylation is 2. The van der Waals surface area contributed by atoms with E-state index in [1.54, 1.807) is 6.08 Å². The maximum absolute atomic E-state index is 11.8. The van der Waals surface area contributed by atoms with Crippen LogP contribution in [0.15, 0.2) is 41.8 Å². The lowest BCUT2D eigenvalue weighted by Crippen LogP contribution is -2.49. The summed E-state index contributed by atoms with van der Waals surface area (Å²) >= 11 is 6.46. The first-order chi connectivity index (χ1) is 12.4. The van der Waals surface area contributed by atoms with Crippen LogP contribution in [0.2, 0.25) is 0 Å². The highest BCUT2D eigenvalue weighted by Gasteiger charge is 2.06. The summed E-state index contributed by atoms with van der Waals surface area (Å²) in [5, 5.41) is 4.34. The number of hydrogen-bond acceptors (Lipinski definition) is 5. The van der Waals surface area contributed by atoms with Gasteiger partial charge in [0.1, 0.15) is 5.75 Å². The van der Waals surface area contributed by atoms with Crippen LogP contribution in [0, 0.1) is 13.8 Å². The highest BCUT2D eigenvalue weighted by molar-refractivity contribution is 7.80. The van der Waals surface area contributed by atoms with Gasteiger partial charge in [-0.15, -0.1) is 11.3 Å². The van der Waals surface area contributed by atoms with Crippen LogP contribution in [-0.2, 0) is 9.59 Å². The number of benzene rings is 1. The molecule has 0 saturated carbocycles. The molecule has 0 radical (unpaired) electrons. The molecule has 0 unspecified atom stereocenters. The first kappa shape index (κ1) is 19.6. The van der Waals surface area contributed by atoms with E-state index in [0.29, 0.717) is 5.75 Å². The zero-order valence-corrected chi connectivity index (χ0v) is 16.0. The number of rotatable bonds is 5. The van der Waals surface area contributed by atoms with Crippen LogP contribution in [-0.4, -0.2) is 23.5 Å². The van der Waals surface area contributed by atoms with Crippen molar-refractivity contribution in [2.45, 2.75) is 13.8 Å². The number of carbonyl (C=O) groups excluding carboxylic acids is 2. The minimum Gasteiger partial charge on any atom is -0.484 e. The van der Waals surface area contributed by atoms with Gasteiger partial charge < -0.3 is 4.74 Å². The fourth-order valence-corrected chi connectivity index (χ4v) is 2.83. The van der Waals surface area contributed by atoms with E-state index >= 15 is 0 Å². The molecule has 0 aliphatic rings. The summed E-state index contributed by atoms with van der Waals surface area (Å²) in [5.74, 6) is -0.196. The van der Waals surface area contributed by atoms with Crippen molar-refractivity contribution in [3.63, 3.8) is 0 Å². The molecular weight excluding hydrogens is 370 g/mol. The standard InChI is InChI=1S/C18H19N3O3S2/c1-12-8-13(2)10-14(9-12)24-11-17(23)20-21-18(25)19-16(22)6-5-15-4-3-7-26-15/h3-10H,11H2,1-2H3,(H,20,23)(H2,19,21,22,25). The molecule has 1 heterocycles. The molecule has 8 heteroatoms. The maximum Gasteiger partial charge on any atom is 0.276 e. The van der Waals surface area contributed by atoms with E-state index < -0.39 is 11.8 Å². The average Bonchev–Trinajstić information content (AvgIpc) is 3.09. The van der Waals surface area contributed by atoms with Crippen molar-refractivity contribution >= 4 is 46.6 Å². The third-order valence-electron chi connectivity index (χ3n) is 3.06. The second-order valence-electron chi connectivity index (χ2n) is 5.45. The van der Waals surface area contributed by atoms with Gasteiger partial charge in [0, 0.05) is 11.0 Å². The number of nitrogens with one attached hydrogen (secondary N) is 3. The van der Waals surface area contributed by atoms with Gasteiger partial charge in [-0.05, 0) is 66.8 Å². The van der Waals surface area contributed by atoms with Gasteiger partial charge in [0.25, 0.3) is 5.91 Å². The monoisotopic (exact) mass is 389 g/mol. The van der Waals surface area contributed by atoms with Crippen LogP contribution in [0.4, 0.5) is 0 Å². The summed E-state index contributed by atoms with van der Waals surface area (Å²) in [6.45, 7) is 3.73. The summed E-state index contributed by atoms with van der Waals surface area (Å²) in [6, 6.07) is 9.49. The van der Waals surface area contributed by atoms with Crippen LogP contribution in [0.5, 0.6) is 5.75 Å². The van der Waals surface area contributed by atoms with E-state index in [9.17, 15) is 9.59 Å². The maximum atomic E-state index is 11.8. The van der Waals surface area contributed by atoms with E-state index in [1.807, 2.05) is 49.6 Å². The molecule has 1 aromatic heterocycles. The molecule has 0 saturated heterocycles. The normalized spacial score (nSPS) is 10.4. The van der Waals surface area contributed by atoms with Crippen LogP contribution < -0.4 is 20.9 Å². The van der Waals surface area contributed by atoms with Crippen molar-refractivity contribution < 1.29 is 14.3 Å². The minimum atomic E-state index is -0.421. The second kappa shape index (κ2) is 9.69. The molecule has 0 spiro atoms. The molecule has 3 N–H and O–H groups in total. The predicted molar refractivity (Wildman–Crippen MR) is 107 cm³/mol. The van der Waals surface area contributed by atoms with Crippen molar-refractivity contribution in [2.24, 2.45) is 0 Å². The Hall–Kier alpha value is -2.71. The average molecular weight is 390 g/mol. The molecular formula is C18H19N3O3S2. The summed E-state index contributed by atoms with van der Waals surface area (Å²) in [6.07, 6.45) is 3.05. The van der Waals surface area contributed by atoms with Crippen LogP contribution in [0.25, 0.3) is 6.08 Å². The minimum absolute atomic E-state index is 0.00872. The van der Waals surface area contributed by atoms with Gasteiger partial charge in [-0.25, -0.2) is 0 Å². The number of thiocarbonyl (C=S) groups is 1. The zero-order valence-electron chi connectivity index (χ0n) is 14.4. The molecule has 26 heavy (non-hydrogen) atoms. The number of carbonyl (C=O) groups is 2. The summed E-state index contributed by atoms with van der Waals surface area (Å²) < 4.78 is 5.43. The Kier molecular flexibility index (Phi) is 7.31. The molecule has 0 bridgehead atoms. The third-order valence-corrected chi connectivity index (χ3v) is 4.10. The van der Waals surface area contributed by atoms with Gasteiger partial charge in [-0.2, -0.15) is 0 Å². The molecule has 0 fully saturated rings. The van der Waals surface area contributed by atoms with Gasteiger partial charge in [0.05, 0.1) is 0 Å². The van der Waals surface area contributed by atoms with Gasteiger partial charge in [0.2, 0.25) is 5.91 Å². The fraction of sp³-hybridized carbons (Fsp3) is 0.167. The largest absolute Gasteiger partial charge is 0.484 e. The number of amides is 2. The van der Waals surface area contributed by atoms with E-state index in [4.69, 9.17) is 17.0 Å². The smallest absolute Gasteiger partial charge is 0.276 e. The van der Waals surface area contributed by atoms with Crippen molar-refractivity contribution in [3.8, 4) is 5.75 Å². The van der Waals surface area contributed by atoms with Gasteiger partial charge in [-0.1, -0.05) is 12.1 Å². The first-order valence-electron chi connectivity index (χ1n) is 7.75. The van der Waals surface area contributed by atoms with Crippen LogP contribution in [0.3, 0.4) is 0 Å². The Labute approximate surface area is 161 Å². The Bertz CT molecular complexity index is 797. The van der Waals surface area contributed by atoms with Crippen LogP contribution >= 0.6 is 23.6 Å². The summed E-state index contributed by atoms with van der Waals surface area (Å²) in [5.41, 5.74) is 6.93. The van der Waals surface area contributed by atoms with E-state index in [0.717, 1.165) is 16.0 Å². The lowest BCUT2D eigenvalue weighted by molar-refractivity contribution is -0.123. The fourth-order valence-electron chi connectivity index (χ4n) is 2.06. The van der Waals surface area contributed by atoms with Gasteiger partial charge >= 0.3 is 0 Å². The molecule has 0 aliphatic carbocycles. The first-order valence-corrected chi connectivity index (χ1v) is 9.03. The number of hydrogen-bond donors (Lipinski definition) is 3. The molecule has 2 aromatic rings. The highest BCUT2D eigenvalue weighted by Crippen LogP contribution is 2.15. The van der Waals surface area contributed by atoms with Gasteiger partial charge in [0.15, 0.2) is 11.7 Å². The Balaban J connectivity index is 1.69. The molecule has 6 nitrogen and oxygen atoms in total. The highest BCUT2D eigenvalue weighted by atomic mass is 32.1. The number of hydrazine groups is 1. The molecule has 2 amide bonds. The van der Waals surface area contributed by atoms with Crippen molar-refractivity contribution in [1.82, 2.24) is 16.2 Å². The topological polar surface area (TPSA) is 79.5 Å². The van der Waals surface area contributed by atoms with Crippen molar-refractivity contribution in [1.29, 1.82) is 0 Å². The predicted octanol–water partition coefficient (Wildman–Crippen LogP) is 2.48. The molecule has 1 aromatic carbocycles. The van der Waals surface area contributed by atoms with E-state index in [2.05, 4.69) is 16.2 Å². The lowest BCUT2D eigenvalue weighted by Gasteiger charge is -2.11. The van der Waals surface area contributed by atoms with E-state index in [1.165, 1.54) is 17.4 Å². The summed E-state index contributed by atoms with van der Waals surface area (Å²) in [7, 11) is 0. The SMILES string of the molecule is Cc1cc(C)cc(OCC(=O)NNC(=S)NC(=O)C=Cc2cccs2)c1. The number of thiophene rings is 1. The molecule has 136 valence electrons. The Morgan fingerprint density at radius 2 is 1.92 bits per heavy atom. The molecule has 0 aliphatic heterocycles. The Morgan fingerprint density at radius 1 is 1.19 bits per heavy atom. The van der Waals surface area contributed by atoms with Gasteiger partial charge in [-0.3, -0.25) is 25.8 Å². The quantitative estimate of drug-likeness (QED) is 0.416. The molecule has 0 atom stereocenters. The van der Waals surface area contributed by atoms with Crippen molar-refractivity contribution in [3.05, 3.63) is 57.8 Å². The molecule has 2 rings (SSSR count). The Morgan fingerprint density at radius 3 is 2.58 bits per heavy atom. The lowest BCUT2D eigenvalue weighted by atomic mass is 10.1. The zero-order chi connectivity index (χ0) is 18.9. The van der Waals surface area contributed by atoms with Crippen molar-refractivity contribution in [2.75, 3.05) is 6.61 Å². The van der Waals surface area contributed by atoms with Crippen LogP contribution in [0.1, 0.15) is 16.0 Å². The van der Waals surface area contributed by atoms with E-state index in [-0.39, 0.29) is 11.7 Å².